The van der Waals surface area contributed by atoms with Crippen LogP contribution in [0.4, 0.5) is 0 Å². The molecule has 0 aromatic heterocycles. The second-order valence-electron chi connectivity index (χ2n) is 6.19. The number of ether oxygens (including phenoxy) is 1. The minimum atomic E-state index is 0.491. The van der Waals surface area contributed by atoms with Gasteiger partial charge in [0.2, 0.25) is 0 Å². The number of hydrogen-bond donors (Lipinski definition) is 0. The summed E-state index contributed by atoms with van der Waals surface area (Å²) < 4.78 is 6.19. The molecular formula is C14H24OS2. The van der Waals surface area contributed by atoms with E-state index in [-0.39, 0.29) is 0 Å². The Morgan fingerprint density at radius 1 is 1.12 bits per heavy atom. The molecule has 0 N–H and O–H groups in total. The van der Waals surface area contributed by atoms with Crippen molar-refractivity contribution in [2.75, 3.05) is 11.5 Å². The van der Waals surface area contributed by atoms with Crippen molar-refractivity contribution in [1.82, 2.24) is 0 Å². The summed E-state index contributed by atoms with van der Waals surface area (Å²) in [5.74, 6) is 5.38. The van der Waals surface area contributed by atoms with Gasteiger partial charge in [-0.2, -0.15) is 0 Å². The Morgan fingerprint density at radius 3 is 2.35 bits per heavy atom. The Hall–Kier alpha value is 0.660. The van der Waals surface area contributed by atoms with Gasteiger partial charge in [0.05, 0.1) is 16.3 Å². The van der Waals surface area contributed by atoms with Crippen LogP contribution in [0.5, 0.6) is 0 Å². The Balaban J connectivity index is 1.66. The molecule has 0 amide bonds. The molecule has 1 saturated carbocycles. The molecule has 3 heteroatoms. The van der Waals surface area contributed by atoms with E-state index in [1.807, 2.05) is 0 Å². The van der Waals surface area contributed by atoms with Crippen LogP contribution in [0.2, 0.25) is 0 Å². The maximum atomic E-state index is 5.70. The summed E-state index contributed by atoms with van der Waals surface area (Å²) in [7, 11) is 0. The number of epoxide rings is 1. The van der Waals surface area contributed by atoms with Crippen molar-refractivity contribution >= 4 is 23.5 Å². The second kappa shape index (κ2) is 4.64. The lowest BCUT2D eigenvalue weighted by Gasteiger charge is -2.40. The van der Waals surface area contributed by atoms with Crippen molar-refractivity contribution in [3.8, 4) is 0 Å². The smallest absolute Gasteiger partial charge is 0.0867 e. The van der Waals surface area contributed by atoms with Crippen LogP contribution < -0.4 is 0 Å². The lowest BCUT2D eigenvalue weighted by molar-refractivity contribution is 0.313. The molecular weight excluding hydrogens is 248 g/mol. The number of rotatable bonds is 2. The average Bonchev–Trinajstić information content (AvgIpc) is 2.88. The average molecular weight is 272 g/mol. The first-order chi connectivity index (χ1) is 8.10. The van der Waals surface area contributed by atoms with Crippen LogP contribution >= 0.6 is 23.5 Å². The van der Waals surface area contributed by atoms with Gasteiger partial charge in [-0.05, 0) is 62.4 Å². The summed E-state index contributed by atoms with van der Waals surface area (Å²) in [6, 6.07) is 0. The van der Waals surface area contributed by atoms with Crippen molar-refractivity contribution in [1.29, 1.82) is 0 Å². The minimum Gasteiger partial charge on any atom is -0.370 e. The summed E-state index contributed by atoms with van der Waals surface area (Å²) in [5.41, 5.74) is 0. The summed E-state index contributed by atoms with van der Waals surface area (Å²) in [6.45, 7) is 7.20. The molecule has 3 fully saturated rings. The normalized spacial score (nSPS) is 49.2. The van der Waals surface area contributed by atoms with Crippen LogP contribution in [0.15, 0.2) is 0 Å². The van der Waals surface area contributed by atoms with Crippen LogP contribution in [-0.2, 0) is 4.74 Å². The van der Waals surface area contributed by atoms with E-state index in [2.05, 4.69) is 44.3 Å². The predicted molar refractivity (Wildman–Crippen MR) is 77.7 cm³/mol. The molecule has 17 heavy (non-hydrogen) atoms. The molecule has 1 aliphatic carbocycles. The highest BCUT2D eigenvalue weighted by Gasteiger charge is 2.51. The summed E-state index contributed by atoms with van der Waals surface area (Å²) >= 11 is 4.45. The zero-order valence-corrected chi connectivity index (χ0v) is 12.8. The van der Waals surface area contributed by atoms with Gasteiger partial charge in [0.1, 0.15) is 0 Å². The van der Waals surface area contributed by atoms with Gasteiger partial charge in [-0.1, -0.05) is 6.92 Å². The molecule has 98 valence electrons. The van der Waals surface area contributed by atoms with Crippen molar-refractivity contribution in [3.63, 3.8) is 0 Å². The van der Waals surface area contributed by atoms with Gasteiger partial charge in [-0.25, -0.2) is 0 Å². The molecule has 0 spiro atoms. The molecule has 1 nitrogen and oxygen atoms in total. The zero-order chi connectivity index (χ0) is 12.0. The van der Waals surface area contributed by atoms with E-state index < -0.39 is 0 Å². The van der Waals surface area contributed by atoms with Crippen LogP contribution in [0.3, 0.4) is 0 Å². The van der Waals surface area contributed by atoms with Crippen LogP contribution in [0, 0.1) is 17.8 Å². The Morgan fingerprint density at radius 2 is 1.76 bits per heavy atom. The van der Waals surface area contributed by atoms with E-state index in [0.717, 1.165) is 17.8 Å². The Labute approximate surface area is 114 Å². The van der Waals surface area contributed by atoms with E-state index in [0.29, 0.717) is 16.3 Å². The summed E-state index contributed by atoms with van der Waals surface area (Å²) in [4.78, 5) is 0. The Bertz CT molecular complexity index is 288. The third kappa shape index (κ3) is 2.40. The SMILES string of the molecule is CC1CC(C2OC2C)CC1C1(C)SCCCS1. The van der Waals surface area contributed by atoms with Crippen LogP contribution in [-0.4, -0.2) is 27.8 Å². The molecule has 0 radical (unpaired) electrons. The first-order valence-electron chi connectivity index (χ1n) is 7.03. The zero-order valence-electron chi connectivity index (χ0n) is 11.1. The second-order valence-corrected chi connectivity index (χ2v) is 9.54. The van der Waals surface area contributed by atoms with E-state index in [1.54, 1.807) is 0 Å². The summed E-state index contributed by atoms with van der Waals surface area (Å²) in [6.07, 6.45) is 5.36. The van der Waals surface area contributed by atoms with Gasteiger partial charge in [0.25, 0.3) is 0 Å². The molecule has 2 saturated heterocycles. The molecule has 5 unspecified atom stereocenters. The third-order valence-corrected chi connectivity index (χ3v) is 8.32. The van der Waals surface area contributed by atoms with Gasteiger partial charge in [0, 0.05) is 0 Å². The molecule has 2 heterocycles. The predicted octanol–water partition coefficient (Wildman–Crippen LogP) is 4.02. The van der Waals surface area contributed by atoms with Gasteiger partial charge >= 0.3 is 0 Å². The largest absolute Gasteiger partial charge is 0.370 e. The molecule has 3 rings (SSSR count). The molecule has 3 aliphatic rings. The van der Waals surface area contributed by atoms with Crippen molar-refractivity contribution in [2.24, 2.45) is 17.8 Å². The van der Waals surface area contributed by atoms with Crippen LogP contribution in [0.1, 0.15) is 40.0 Å². The summed E-state index contributed by atoms with van der Waals surface area (Å²) in [5, 5.41) is 0. The molecule has 0 aromatic rings. The van der Waals surface area contributed by atoms with Gasteiger partial charge in [0.15, 0.2) is 0 Å². The molecule has 0 bridgehead atoms. The van der Waals surface area contributed by atoms with E-state index in [1.165, 1.54) is 30.8 Å². The van der Waals surface area contributed by atoms with E-state index in [4.69, 9.17) is 4.74 Å². The fourth-order valence-corrected chi connectivity index (χ4v) is 7.35. The number of thioether (sulfide) groups is 2. The standard InChI is InChI=1S/C14H24OS2/c1-9-7-11(13-10(2)15-13)8-12(9)14(3)16-5-4-6-17-14/h9-13H,4-8H2,1-3H3. The number of hydrogen-bond acceptors (Lipinski definition) is 3. The lowest BCUT2D eigenvalue weighted by atomic mass is 9.94. The molecule has 2 aliphatic heterocycles. The monoisotopic (exact) mass is 272 g/mol. The van der Waals surface area contributed by atoms with Crippen molar-refractivity contribution in [2.45, 2.75) is 56.3 Å². The van der Waals surface area contributed by atoms with Crippen molar-refractivity contribution in [3.05, 3.63) is 0 Å². The maximum Gasteiger partial charge on any atom is 0.0867 e. The van der Waals surface area contributed by atoms with Gasteiger partial charge in [-0.3, -0.25) is 0 Å². The topological polar surface area (TPSA) is 12.5 Å². The first-order valence-corrected chi connectivity index (χ1v) is 9.00. The molecule has 5 atom stereocenters. The first kappa shape index (κ1) is 12.7. The van der Waals surface area contributed by atoms with E-state index in [9.17, 15) is 0 Å². The minimum absolute atomic E-state index is 0.491. The van der Waals surface area contributed by atoms with Crippen LogP contribution in [0.25, 0.3) is 0 Å². The quantitative estimate of drug-likeness (QED) is 0.704. The third-order valence-electron chi connectivity index (χ3n) is 4.88. The van der Waals surface area contributed by atoms with Gasteiger partial charge < -0.3 is 4.74 Å². The maximum absolute atomic E-state index is 5.70. The highest BCUT2D eigenvalue weighted by Crippen LogP contribution is 2.57. The fraction of sp³-hybridized carbons (Fsp3) is 1.00. The van der Waals surface area contributed by atoms with Gasteiger partial charge in [-0.15, -0.1) is 23.5 Å². The van der Waals surface area contributed by atoms with E-state index >= 15 is 0 Å². The lowest BCUT2D eigenvalue weighted by Crippen LogP contribution is -2.32. The highest BCUT2D eigenvalue weighted by molar-refractivity contribution is 8.18. The van der Waals surface area contributed by atoms with Crippen molar-refractivity contribution < 1.29 is 4.74 Å². The molecule has 0 aromatic carbocycles. The fourth-order valence-electron chi connectivity index (χ4n) is 3.86. The highest BCUT2D eigenvalue weighted by atomic mass is 32.2. The Kier molecular flexibility index (Phi) is 3.46.